The molecule has 2 atom stereocenters. The Morgan fingerprint density at radius 3 is 1.40 bits per heavy atom. The molecular weight excluding hydrogens is 746 g/mol. The molecule has 0 radical (unpaired) electrons. The van der Waals surface area contributed by atoms with Gasteiger partial charge in [0.25, 0.3) is 7.82 Å². The van der Waals surface area contributed by atoms with E-state index in [0.29, 0.717) is 24.1 Å². The van der Waals surface area contributed by atoms with E-state index in [-0.39, 0.29) is 25.8 Å². The van der Waals surface area contributed by atoms with Crippen LogP contribution in [0.2, 0.25) is 0 Å². The van der Waals surface area contributed by atoms with Gasteiger partial charge in [-0.3, -0.25) is 9.36 Å². The normalized spacial score (nSPS) is 13.8. The van der Waals surface area contributed by atoms with Crippen LogP contribution in [0, 0.1) is 0 Å². The Morgan fingerprint density at radius 1 is 0.534 bits per heavy atom. The van der Waals surface area contributed by atoms with Crippen LogP contribution in [0.1, 0.15) is 226 Å². The fourth-order valence-corrected chi connectivity index (χ4v) is 7.66. The minimum Gasteiger partial charge on any atom is -0.756 e. The van der Waals surface area contributed by atoms with Crippen molar-refractivity contribution in [3.05, 3.63) is 24.3 Å². The van der Waals surface area contributed by atoms with Crippen molar-refractivity contribution in [3.8, 4) is 0 Å². The van der Waals surface area contributed by atoms with Gasteiger partial charge in [0.2, 0.25) is 0 Å². The molecule has 0 saturated heterocycles. The molecule has 9 heteroatoms. The van der Waals surface area contributed by atoms with E-state index >= 15 is 0 Å². The van der Waals surface area contributed by atoms with Gasteiger partial charge in [0.1, 0.15) is 19.3 Å². The van der Waals surface area contributed by atoms with Gasteiger partial charge in [-0.1, -0.05) is 199 Å². The largest absolute Gasteiger partial charge is 0.756 e. The molecule has 0 aliphatic rings. The van der Waals surface area contributed by atoms with E-state index in [1.165, 1.54) is 167 Å². The van der Waals surface area contributed by atoms with Gasteiger partial charge in [-0.25, -0.2) is 0 Å². The Hall–Kier alpha value is -1.02. The third-order valence-corrected chi connectivity index (χ3v) is 11.7. The third kappa shape index (κ3) is 46.1. The highest BCUT2D eigenvalue weighted by Gasteiger charge is 2.20. The van der Waals surface area contributed by atoms with Crippen molar-refractivity contribution in [3.63, 3.8) is 0 Å². The first-order chi connectivity index (χ1) is 28.1. The van der Waals surface area contributed by atoms with Gasteiger partial charge in [0.05, 0.1) is 34.4 Å². The molecule has 0 bridgehead atoms. The molecule has 0 spiro atoms. The lowest BCUT2D eigenvalue weighted by Crippen LogP contribution is -2.37. The lowest BCUT2D eigenvalue weighted by molar-refractivity contribution is -0.870. The Bertz CT molecular complexity index is 983. The molecule has 0 amide bonds. The van der Waals surface area contributed by atoms with E-state index in [0.717, 1.165) is 38.5 Å². The fraction of sp³-hybridized carbons (Fsp3) is 0.898. The van der Waals surface area contributed by atoms with Gasteiger partial charge in [0.15, 0.2) is 0 Å². The van der Waals surface area contributed by atoms with Crippen LogP contribution < -0.4 is 4.89 Å². The van der Waals surface area contributed by atoms with E-state index in [1.54, 1.807) is 0 Å². The third-order valence-electron chi connectivity index (χ3n) is 10.8. The average Bonchev–Trinajstić information content (AvgIpc) is 3.18. The maximum atomic E-state index is 12.7. The number of unbranched alkanes of at least 4 members (excludes halogenated alkanes) is 28. The number of ether oxygens (including phenoxy) is 2. The molecule has 0 fully saturated rings. The topological polar surface area (TPSA) is 94.1 Å². The van der Waals surface area contributed by atoms with E-state index in [4.69, 9.17) is 18.5 Å². The Morgan fingerprint density at radius 2 is 0.948 bits per heavy atom. The van der Waals surface area contributed by atoms with Crippen molar-refractivity contribution in [2.75, 3.05) is 54.1 Å². The number of phosphoric ester groups is 1. The zero-order chi connectivity index (χ0) is 42.7. The van der Waals surface area contributed by atoms with Crippen molar-refractivity contribution in [2.45, 2.75) is 232 Å². The summed E-state index contributed by atoms with van der Waals surface area (Å²) in [5.74, 6) is -0.332. The first-order valence-corrected chi connectivity index (χ1v) is 26.0. The number of hydrogen-bond acceptors (Lipinski definition) is 7. The average molecular weight is 842 g/mol. The molecule has 0 rings (SSSR count). The summed E-state index contributed by atoms with van der Waals surface area (Å²) >= 11 is 0. The summed E-state index contributed by atoms with van der Waals surface area (Å²) in [7, 11) is 1.36. The number of esters is 1. The number of carbonyl (C=O) groups is 1. The molecule has 344 valence electrons. The monoisotopic (exact) mass is 842 g/mol. The number of hydrogen-bond donors (Lipinski definition) is 0. The highest BCUT2D eigenvalue weighted by molar-refractivity contribution is 7.45. The highest BCUT2D eigenvalue weighted by atomic mass is 31.2. The standard InChI is InChI=1S/C49H96NO7P/c1-6-8-10-12-14-16-18-20-22-23-24-25-26-27-28-29-31-33-35-37-39-41-44-54-46-48(47-56-58(52,53)55-45-43-50(3,4)5)57-49(51)42-40-38-36-34-32-30-21-19-17-15-13-11-9-7-2/h18,20,23-24,48H,6-17,19,21-22,25-47H2,1-5H3/b20-18-,24-23-. The summed E-state index contributed by atoms with van der Waals surface area (Å²) in [6.07, 6.45) is 49.1. The number of quaternary nitrogens is 1. The molecular formula is C49H96NO7P. The zero-order valence-corrected chi connectivity index (χ0v) is 39.9. The first-order valence-electron chi connectivity index (χ1n) is 24.6. The summed E-state index contributed by atoms with van der Waals surface area (Å²) in [5.41, 5.74) is 0. The van der Waals surface area contributed by atoms with Crippen LogP contribution in [-0.4, -0.2) is 70.7 Å². The lowest BCUT2D eigenvalue weighted by atomic mass is 10.0. The lowest BCUT2D eigenvalue weighted by Gasteiger charge is -2.28. The second kappa shape index (κ2) is 42.7. The highest BCUT2D eigenvalue weighted by Crippen LogP contribution is 2.38. The summed E-state index contributed by atoms with van der Waals surface area (Å²) in [4.78, 5) is 25.1. The predicted molar refractivity (Wildman–Crippen MR) is 245 cm³/mol. The zero-order valence-electron chi connectivity index (χ0n) is 39.0. The SMILES string of the molecule is CCCCCCC/C=C\C/C=C\CCCCCCCCCCCCOCC(COP(=O)([O-])OCC[N+](C)(C)C)OC(=O)CCCCCCCCCCCCCCCC. The second-order valence-electron chi connectivity index (χ2n) is 17.8. The quantitative estimate of drug-likeness (QED) is 0.0198. The maximum Gasteiger partial charge on any atom is 0.306 e. The number of carbonyl (C=O) groups excluding carboxylic acids is 1. The molecule has 0 aromatic heterocycles. The van der Waals surface area contributed by atoms with Crippen LogP contribution in [0.5, 0.6) is 0 Å². The van der Waals surface area contributed by atoms with Crippen molar-refractivity contribution in [2.24, 2.45) is 0 Å². The van der Waals surface area contributed by atoms with Crippen LogP contribution in [0.4, 0.5) is 0 Å². The minimum absolute atomic E-state index is 0.0278. The van der Waals surface area contributed by atoms with Crippen LogP contribution in [-0.2, 0) is 27.9 Å². The first kappa shape index (κ1) is 57.0. The molecule has 0 aliphatic heterocycles. The summed E-state index contributed by atoms with van der Waals surface area (Å²) in [6, 6.07) is 0. The number of allylic oxidation sites excluding steroid dienone is 4. The van der Waals surface area contributed by atoms with E-state index < -0.39 is 13.9 Å². The smallest absolute Gasteiger partial charge is 0.306 e. The Balaban J connectivity index is 4.12. The van der Waals surface area contributed by atoms with Gasteiger partial charge in [-0.05, 0) is 44.9 Å². The van der Waals surface area contributed by atoms with Crippen LogP contribution >= 0.6 is 7.82 Å². The van der Waals surface area contributed by atoms with Crippen molar-refractivity contribution >= 4 is 13.8 Å². The van der Waals surface area contributed by atoms with Gasteiger partial charge in [-0.15, -0.1) is 0 Å². The summed E-state index contributed by atoms with van der Waals surface area (Å²) < 4.78 is 34.7. The number of likely N-dealkylation sites (N-methyl/N-ethyl adjacent to an activating group) is 1. The molecule has 0 saturated carbocycles. The van der Waals surface area contributed by atoms with Gasteiger partial charge < -0.3 is 27.9 Å². The van der Waals surface area contributed by atoms with Crippen LogP contribution in [0.25, 0.3) is 0 Å². The van der Waals surface area contributed by atoms with E-state index in [9.17, 15) is 14.3 Å². The van der Waals surface area contributed by atoms with Gasteiger partial charge >= 0.3 is 5.97 Å². The Kier molecular flexibility index (Phi) is 41.9. The van der Waals surface area contributed by atoms with Crippen molar-refractivity contribution in [1.82, 2.24) is 0 Å². The summed E-state index contributed by atoms with van der Waals surface area (Å²) in [6.45, 7) is 5.43. The van der Waals surface area contributed by atoms with E-state index in [2.05, 4.69) is 38.2 Å². The molecule has 0 aromatic rings. The number of rotatable bonds is 46. The van der Waals surface area contributed by atoms with Crippen molar-refractivity contribution < 1.29 is 37.3 Å². The van der Waals surface area contributed by atoms with E-state index in [1.807, 2.05) is 21.1 Å². The second-order valence-corrected chi connectivity index (χ2v) is 19.2. The van der Waals surface area contributed by atoms with Gasteiger partial charge in [-0.2, -0.15) is 0 Å². The maximum absolute atomic E-state index is 12.7. The molecule has 0 heterocycles. The number of nitrogens with zero attached hydrogens (tertiary/aromatic N) is 1. The molecule has 0 aromatic carbocycles. The van der Waals surface area contributed by atoms with Crippen molar-refractivity contribution in [1.29, 1.82) is 0 Å². The van der Waals surface area contributed by atoms with Gasteiger partial charge in [0, 0.05) is 13.0 Å². The number of phosphoric acid groups is 1. The molecule has 2 unspecified atom stereocenters. The Labute approximate surface area is 360 Å². The van der Waals surface area contributed by atoms with Crippen LogP contribution in [0.3, 0.4) is 0 Å². The fourth-order valence-electron chi connectivity index (χ4n) is 6.93. The predicted octanol–water partition coefficient (Wildman–Crippen LogP) is 14.1. The van der Waals surface area contributed by atoms with Crippen LogP contribution in [0.15, 0.2) is 24.3 Å². The molecule has 0 aliphatic carbocycles. The summed E-state index contributed by atoms with van der Waals surface area (Å²) in [5, 5.41) is 0. The molecule has 58 heavy (non-hydrogen) atoms. The molecule has 8 nitrogen and oxygen atoms in total. The molecule has 0 N–H and O–H groups in total. The minimum atomic E-state index is -4.52.